The molecule has 1 aliphatic rings. The molecule has 0 aromatic carbocycles. The second kappa shape index (κ2) is 5.63. The van der Waals surface area contributed by atoms with Crippen molar-refractivity contribution in [2.45, 2.75) is 32.4 Å². The highest BCUT2D eigenvalue weighted by Crippen LogP contribution is 2.32. The average Bonchev–Trinajstić information content (AvgIpc) is 3.00. The first kappa shape index (κ1) is 16.0. The van der Waals surface area contributed by atoms with E-state index >= 15 is 0 Å². The molecule has 0 fully saturated rings. The van der Waals surface area contributed by atoms with Crippen molar-refractivity contribution in [3.63, 3.8) is 0 Å². The summed E-state index contributed by atoms with van der Waals surface area (Å²) in [5.74, 6) is -0.0624. The molecule has 0 saturated heterocycles. The van der Waals surface area contributed by atoms with Gasteiger partial charge in [-0.15, -0.1) is 11.3 Å². The number of fused-ring (bicyclic) bond motifs is 1. The molecule has 1 N–H and O–H groups in total. The van der Waals surface area contributed by atoms with E-state index in [9.17, 15) is 18.0 Å². The van der Waals surface area contributed by atoms with Crippen molar-refractivity contribution >= 4 is 22.4 Å². The van der Waals surface area contributed by atoms with Crippen LogP contribution >= 0.6 is 11.3 Å². The molecule has 0 bridgehead atoms. The number of rotatable bonds is 2. The van der Waals surface area contributed by atoms with Gasteiger partial charge in [-0.1, -0.05) is 6.92 Å². The molecule has 1 aliphatic carbocycles. The Hall–Kier alpha value is -1.90. The third-order valence-corrected chi connectivity index (χ3v) is 4.84. The van der Waals surface area contributed by atoms with Crippen molar-refractivity contribution in [1.29, 1.82) is 0 Å². The van der Waals surface area contributed by atoms with Crippen LogP contribution in [0.25, 0.3) is 0 Å². The molecule has 1 atom stereocenters. The minimum absolute atomic E-state index is 0.154. The molecule has 0 aliphatic heterocycles. The number of hydrogen-bond donors (Lipinski definition) is 1. The van der Waals surface area contributed by atoms with E-state index in [0.29, 0.717) is 11.0 Å². The van der Waals surface area contributed by atoms with E-state index in [2.05, 4.69) is 22.3 Å². The maximum absolute atomic E-state index is 12.6. The number of nitrogens with zero attached hydrogens (tertiary/aromatic N) is 3. The number of halogens is 3. The molecule has 9 heteroatoms. The summed E-state index contributed by atoms with van der Waals surface area (Å²) in [6, 6.07) is 0.741. The van der Waals surface area contributed by atoms with Crippen LogP contribution in [0.3, 0.4) is 0 Å². The van der Waals surface area contributed by atoms with Gasteiger partial charge >= 0.3 is 6.18 Å². The molecule has 23 heavy (non-hydrogen) atoms. The van der Waals surface area contributed by atoms with Crippen LogP contribution in [0.1, 0.15) is 40.1 Å². The van der Waals surface area contributed by atoms with E-state index in [0.717, 1.165) is 40.6 Å². The second-order valence-electron chi connectivity index (χ2n) is 5.73. The summed E-state index contributed by atoms with van der Waals surface area (Å²) in [6.07, 6.45) is -1.73. The Bertz CT molecular complexity index is 750. The fraction of sp³-hybridized carbons (Fsp3) is 0.500. The van der Waals surface area contributed by atoms with E-state index in [1.807, 2.05) is 0 Å². The third kappa shape index (κ3) is 3.24. The maximum Gasteiger partial charge on any atom is 0.435 e. The first-order chi connectivity index (χ1) is 10.7. The monoisotopic (exact) mass is 344 g/mol. The largest absolute Gasteiger partial charge is 0.435 e. The standard InChI is InChI=1S/C14H15F3N4OS/c1-7-3-4-8-10(5-7)23-13(18-8)19-12(22)9-6-11(14(15,16)17)20-21(9)2/h6-7H,3-5H2,1-2H3,(H,18,19,22). The Morgan fingerprint density at radius 1 is 1.48 bits per heavy atom. The Labute approximate surface area is 134 Å². The summed E-state index contributed by atoms with van der Waals surface area (Å²) in [5.41, 5.74) is -0.263. The predicted octanol–water partition coefficient (Wildman–Crippen LogP) is 3.27. The van der Waals surface area contributed by atoms with Crippen LogP contribution in [0, 0.1) is 5.92 Å². The van der Waals surface area contributed by atoms with Gasteiger partial charge in [-0.05, 0) is 25.2 Å². The summed E-state index contributed by atoms with van der Waals surface area (Å²) < 4.78 is 38.9. The number of thiazole rings is 1. The highest BCUT2D eigenvalue weighted by molar-refractivity contribution is 7.15. The van der Waals surface area contributed by atoms with Gasteiger partial charge in [0.15, 0.2) is 10.8 Å². The van der Waals surface area contributed by atoms with Crippen molar-refractivity contribution in [3.05, 3.63) is 28.0 Å². The number of amides is 1. The lowest BCUT2D eigenvalue weighted by Crippen LogP contribution is -2.16. The molecule has 2 aromatic rings. The van der Waals surface area contributed by atoms with Crippen LogP contribution < -0.4 is 5.32 Å². The van der Waals surface area contributed by atoms with Gasteiger partial charge in [0.25, 0.3) is 5.91 Å². The highest BCUT2D eigenvalue weighted by Gasteiger charge is 2.35. The minimum Gasteiger partial charge on any atom is -0.296 e. The first-order valence-electron chi connectivity index (χ1n) is 7.15. The average molecular weight is 344 g/mol. The van der Waals surface area contributed by atoms with Gasteiger partial charge in [0, 0.05) is 18.0 Å². The van der Waals surface area contributed by atoms with E-state index in [4.69, 9.17) is 0 Å². The van der Waals surface area contributed by atoms with E-state index < -0.39 is 17.8 Å². The molecular formula is C14H15F3N4OS. The zero-order valence-corrected chi connectivity index (χ0v) is 13.4. The third-order valence-electron chi connectivity index (χ3n) is 3.81. The van der Waals surface area contributed by atoms with Crippen LogP contribution in [-0.4, -0.2) is 20.7 Å². The Balaban J connectivity index is 1.79. The number of carbonyl (C=O) groups excluding carboxylic acids is 1. The molecule has 3 rings (SSSR count). The maximum atomic E-state index is 12.6. The van der Waals surface area contributed by atoms with Crippen molar-refractivity contribution in [2.24, 2.45) is 13.0 Å². The highest BCUT2D eigenvalue weighted by atomic mass is 32.1. The SMILES string of the molecule is CC1CCc2nc(NC(=O)c3cc(C(F)(F)F)nn3C)sc2C1. The molecular weight excluding hydrogens is 329 g/mol. The van der Waals surface area contributed by atoms with E-state index in [1.165, 1.54) is 18.4 Å². The predicted molar refractivity (Wildman–Crippen MR) is 79.5 cm³/mol. The number of nitrogens with one attached hydrogen (secondary N) is 1. The smallest absolute Gasteiger partial charge is 0.296 e. The number of anilines is 1. The Morgan fingerprint density at radius 3 is 2.87 bits per heavy atom. The Morgan fingerprint density at radius 2 is 2.22 bits per heavy atom. The second-order valence-corrected chi connectivity index (χ2v) is 6.81. The summed E-state index contributed by atoms with van der Waals surface area (Å²) in [4.78, 5) is 17.7. The molecule has 2 heterocycles. The van der Waals surface area contributed by atoms with E-state index in [-0.39, 0.29) is 5.69 Å². The summed E-state index contributed by atoms with van der Waals surface area (Å²) in [5, 5.41) is 6.33. The fourth-order valence-electron chi connectivity index (χ4n) is 2.57. The van der Waals surface area contributed by atoms with Gasteiger partial charge in [0.1, 0.15) is 5.69 Å². The molecule has 5 nitrogen and oxygen atoms in total. The molecule has 2 aromatic heterocycles. The van der Waals surface area contributed by atoms with Crippen molar-refractivity contribution < 1.29 is 18.0 Å². The molecule has 0 saturated carbocycles. The summed E-state index contributed by atoms with van der Waals surface area (Å²) >= 11 is 1.39. The van der Waals surface area contributed by atoms with Crippen LogP contribution in [0.4, 0.5) is 18.3 Å². The summed E-state index contributed by atoms with van der Waals surface area (Å²) in [7, 11) is 1.30. The number of alkyl halides is 3. The van der Waals surface area contributed by atoms with E-state index in [1.54, 1.807) is 0 Å². The molecule has 0 spiro atoms. The lowest BCUT2D eigenvalue weighted by Gasteiger charge is -2.15. The number of carbonyl (C=O) groups is 1. The number of hydrogen-bond acceptors (Lipinski definition) is 4. The van der Waals surface area contributed by atoms with Crippen LogP contribution in [-0.2, 0) is 26.1 Å². The van der Waals surface area contributed by atoms with Gasteiger partial charge in [-0.2, -0.15) is 18.3 Å². The van der Waals surface area contributed by atoms with Gasteiger partial charge < -0.3 is 0 Å². The molecule has 0 radical (unpaired) electrons. The normalized spacial score (nSPS) is 17.9. The van der Waals surface area contributed by atoms with Crippen LogP contribution in [0.2, 0.25) is 0 Å². The van der Waals surface area contributed by atoms with Gasteiger partial charge in [-0.3, -0.25) is 14.8 Å². The number of aryl methyl sites for hydroxylation is 2. The van der Waals surface area contributed by atoms with Crippen molar-refractivity contribution in [2.75, 3.05) is 5.32 Å². The zero-order valence-electron chi connectivity index (χ0n) is 12.6. The topological polar surface area (TPSA) is 59.8 Å². The number of aromatic nitrogens is 3. The first-order valence-corrected chi connectivity index (χ1v) is 7.97. The zero-order chi connectivity index (χ0) is 16.8. The van der Waals surface area contributed by atoms with Gasteiger partial charge in [-0.25, -0.2) is 4.98 Å². The van der Waals surface area contributed by atoms with Crippen LogP contribution in [0.5, 0.6) is 0 Å². The van der Waals surface area contributed by atoms with Crippen molar-refractivity contribution in [3.8, 4) is 0 Å². The lowest BCUT2D eigenvalue weighted by molar-refractivity contribution is -0.141. The van der Waals surface area contributed by atoms with Crippen molar-refractivity contribution in [1.82, 2.24) is 14.8 Å². The Kier molecular flexibility index (Phi) is 3.91. The fourth-order valence-corrected chi connectivity index (χ4v) is 3.74. The quantitative estimate of drug-likeness (QED) is 0.910. The molecule has 124 valence electrons. The minimum atomic E-state index is -4.58. The molecule has 1 unspecified atom stereocenters. The van der Waals surface area contributed by atoms with Gasteiger partial charge in [0.05, 0.1) is 5.69 Å². The van der Waals surface area contributed by atoms with Gasteiger partial charge in [0.2, 0.25) is 0 Å². The lowest BCUT2D eigenvalue weighted by atomic mass is 9.93. The van der Waals surface area contributed by atoms with Crippen LogP contribution in [0.15, 0.2) is 6.07 Å². The molecule has 1 amide bonds. The summed E-state index contributed by atoms with van der Waals surface area (Å²) in [6.45, 7) is 2.16.